The van der Waals surface area contributed by atoms with Gasteiger partial charge in [-0.25, -0.2) is 0 Å². The zero-order valence-electron chi connectivity index (χ0n) is 14.3. The number of nitrogens with zero attached hydrogens (tertiary/aromatic N) is 1. The molecule has 2 N–H and O–H groups in total. The third-order valence-corrected chi connectivity index (χ3v) is 4.17. The van der Waals surface area contributed by atoms with Crippen LogP contribution in [0.2, 0.25) is 0 Å². The van der Waals surface area contributed by atoms with Crippen LogP contribution in [0.4, 0.5) is 0 Å². The van der Waals surface area contributed by atoms with Crippen molar-refractivity contribution >= 4 is 23.8 Å². The summed E-state index contributed by atoms with van der Waals surface area (Å²) in [5.74, 6) is -0.0431. The molecule has 0 aliphatic carbocycles. The molecule has 3 rings (SSSR count). The van der Waals surface area contributed by atoms with Crippen molar-refractivity contribution in [1.82, 2.24) is 4.90 Å². The Hall–Kier alpha value is -3.34. The number of aromatic hydroxyl groups is 2. The second kappa shape index (κ2) is 7.27. The van der Waals surface area contributed by atoms with Crippen LogP contribution in [-0.2, 0) is 9.59 Å². The number of Topliss-reactive ketones (excluding diaryl/α,β-unsaturated/α-hetero) is 1. The highest BCUT2D eigenvalue weighted by atomic mass is 16.3. The standard InChI is InChI=1S/C21H19NO4/c1-14(23)22-12-17(8-15-4-2-6-19(24)10-15)21(26)18(13-22)9-16-5-3-7-20(25)11-16/h2-11,24-25H,12-13H2,1H3/b17-8+,18-9+. The predicted molar refractivity (Wildman–Crippen MR) is 99.4 cm³/mol. The highest BCUT2D eigenvalue weighted by Gasteiger charge is 2.27. The summed E-state index contributed by atoms with van der Waals surface area (Å²) in [4.78, 5) is 26.4. The summed E-state index contributed by atoms with van der Waals surface area (Å²) in [6.07, 6.45) is 3.38. The molecule has 2 aromatic rings. The number of ketones is 1. The Kier molecular flexibility index (Phi) is 4.89. The van der Waals surface area contributed by atoms with Crippen molar-refractivity contribution in [2.45, 2.75) is 6.92 Å². The molecule has 1 fully saturated rings. The van der Waals surface area contributed by atoms with E-state index in [2.05, 4.69) is 0 Å². The average molecular weight is 349 g/mol. The smallest absolute Gasteiger partial charge is 0.220 e. The van der Waals surface area contributed by atoms with Gasteiger partial charge in [-0.1, -0.05) is 24.3 Å². The van der Waals surface area contributed by atoms with E-state index >= 15 is 0 Å². The van der Waals surface area contributed by atoms with E-state index < -0.39 is 0 Å². The van der Waals surface area contributed by atoms with Gasteiger partial charge in [-0.15, -0.1) is 0 Å². The fourth-order valence-corrected chi connectivity index (χ4v) is 2.89. The van der Waals surface area contributed by atoms with E-state index in [1.165, 1.54) is 6.92 Å². The summed E-state index contributed by atoms with van der Waals surface area (Å²) in [6, 6.07) is 13.2. The van der Waals surface area contributed by atoms with E-state index in [4.69, 9.17) is 0 Å². The summed E-state index contributed by atoms with van der Waals surface area (Å²) >= 11 is 0. The van der Waals surface area contributed by atoms with Gasteiger partial charge >= 0.3 is 0 Å². The summed E-state index contributed by atoms with van der Waals surface area (Å²) < 4.78 is 0. The van der Waals surface area contributed by atoms with Gasteiger partial charge in [0.05, 0.1) is 0 Å². The van der Waals surface area contributed by atoms with Crippen molar-refractivity contribution in [3.63, 3.8) is 0 Å². The van der Waals surface area contributed by atoms with Gasteiger partial charge in [-0.3, -0.25) is 9.59 Å². The molecule has 0 spiro atoms. The summed E-state index contributed by atoms with van der Waals surface area (Å²) in [5, 5.41) is 19.2. The largest absolute Gasteiger partial charge is 0.508 e. The minimum Gasteiger partial charge on any atom is -0.508 e. The Morgan fingerprint density at radius 1 is 0.923 bits per heavy atom. The number of carbonyl (C=O) groups is 2. The van der Waals surface area contributed by atoms with Crippen LogP contribution < -0.4 is 0 Å². The Morgan fingerprint density at radius 3 is 1.77 bits per heavy atom. The number of likely N-dealkylation sites (tertiary alicyclic amines) is 1. The number of hydrogen-bond acceptors (Lipinski definition) is 4. The maximum absolute atomic E-state index is 12.9. The summed E-state index contributed by atoms with van der Waals surface area (Å²) in [7, 11) is 0. The van der Waals surface area contributed by atoms with Crippen LogP contribution in [0.15, 0.2) is 59.7 Å². The minimum absolute atomic E-state index is 0.113. The lowest BCUT2D eigenvalue weighted by Crippen LogP contribution is -2.40. The number of piperidine rings is 1. The Labute approximate surface area is 151 Å². The molecule has 5 nitrogen and oxygen atoms in total. The molecular weight excluding hydrogens is 330 g/mol. The van der Waals surface area contributed by atoms with Crippen molar-refractivity contribution in [2.24, 2.45) is 0 Å². The zero-order valence-corrected chi connectivity index (χ0v) is 14.3. The van der Waals surface area contributed by atoms with Crippen molar-refractivity contribution in [2.75, 3.05) is 13.1 Å². The average Bonchev–Trinajstić information content (AvgIpc) is 2.58. The molecule has 2 aromatic carbocycles. The van der Waals surface area contributed by atoms with E-state index in [0.717, 1.165) is 0 Å². The molecule has 1 aliphatic heterocycles. The molecule has 0 bridgehead atoms. The van der Waals surface area contributed by atoms with E-state index in [0.29, 0.717) is 22.3 Å². The monoisotopic (exact) mass is 349 g/mol. The number of benzene rings is 2. The Morgan fingerprint density at radius 2 is 1.38 bits per heavy atom. The molecule has 26 heavy (non-hydrogen) atoms. The van der Waals surface area contributed by atoms with Crippen LogP contribution in [0.1, 0.15) is 18.1 Å². The van der Waals surface area contributed by atoms with Crippen LogP contribution in [0, 0.1) is 0 Å². The molecule has 1 aliphatic rings. The maximum atomic E-state index is 12.9. The molecule has 5 heteroatoms. The van der Waals surface area contributed by atoms with Gasteiger partial charge in [-0.2, -0.15) is 0 Å². The summed E-state index contributed by atoms with van der Waals surface area (Å²) in [5.41, 5.74) is 2.33. The molecule has 0 aromatic heterocycles. The molecule has 0 radical (unpaired) electrons. The highest BCUT2D eigenvalue weighted by Crippen LogP contribution is 2.24. The van der Waals surface area contributed by atoms with Crippen molar-refractivity contribution in [1.29, 1.82) is 0 Å². The topological polar surface area (TPSA) is 77.8 Å². The van der Waals surface area contributed by atoms with Crippen LogP contribution in [0.3, 0.4) is 0 Å². The minimum atomic E-state index is -0.144. The second-order valence-electron chi connectivity index (χ2n) is 6.23. The maximum Gasteiger partial charge on any atom is 0.220 e. The van der Waals surface area contributed by atoms with E-state index in [-0.39, 0.29) is 36.3 Å². The van der Waals surface area contributed by atoms with Gasteiger partial charge in [0.25, 0.3) is 0 Å². The first kappa shape index (κ1) is 17.5. The molecular formula is C21H19NO4. The molecule has 1 heterocycles. The van der Waals surface area contributed by atoms with E-state index in [9.17, 15) is 19.8 Å². The lowest BCUT2D eigenvalue weighted by molar-refractivity contribution is -0.129. The fraction of sp³-hybridized carbons (Fsp3) is 0.143. The molecule has 1 saturated heterocycles. The van der Waals surface area contributed by atoms with Crippen molar-refractivity contribution in [3.8, 4) is 11.5 Å². The van der Waals surface area contributed by atoms with Crippen LogP contribution >= 0.6 is 0 Å². The number of rotatable bonds is 2. The predicted octanol–water partition coefficient (Wildman–Crippen LogP) is 3.00. The van der Waals surface area contributed by atoms with Gasteiger partial charge in [0, 0.05) is 31.2 Å². The second-order valence-corrected chi connectivity index (χ2v) is 6.23. The molecule has 0 saturated carbocycles. The Balaban J connectivity index is 2.00. The number of carbonyl (C=O) groups excluding carboxylic acids is 2. The first-order chi connectivity index (χ1) is 12.4. The first-order valence-electron chi connectivity index (χ1n) is 8.22. The third kappa shape index (κ3) is 4.00. The molecule has 1 amide bonds. The van der Waals surface area contributed by atoms with Crippen LogP contribution in [0.25, 0.3) is 12.2 Å². The number of phenols is 2. The highest BCUT2D eigenvalue weighted by molar-refractivity contribution is 6.15. The number of amides is 1. The third-order valence-electron chi connectivity index (χ3n) is 4.17. The van der Waals surface area contributed by atoms with Gasteiger partial charge in [-0.05, 0) is 47.5 Å². The lowest BCUT2D eigenvalue weighted by atomic mass is 9.94. The van der Waals surface area contributed by atoms with E-state index in [1.807, 2.05) is 0 Å². The summed E-state index contributed by atoms with van der Waals surface area (Å²) in [6.45, 7) is 1.91. The lowest BCUT2D eigenvalue weighted by Gasteiger charge is -2.29. The fourth-order valence-electron chi connectivity index (χ4n) is 2.89. The quantitative estimate of drug-likeness (QED) is 0.817. The normalized spacial score (nSPS) is 17.7. The zero-order chi connectivity index (χ0) is 18.7. The van der Waals surface area contributed by atoms with Crippen molar-refractivity contribution < 1.29 is 19.8 Å². The Bertz CT molecular complexity index is 860. The van der Waals surface area contributed by atoms with Gasteiger partial charge < -0.3 is 15.1 Å². The first-order valence-corrected chi connectivity index (χ1v) is 8.22. The van der Waals surface area contributed by atoms with Gasteiger partial charge in [0.1, 0.15) is 11.5 Å². The van der Waals surface area contributed by atoms with Gasteiger partial charge in [0.15, 0.2) is 5.78 Å². The van der Waals surface area contributed by atoms with Gasteiger partial charge in [0.2, 0.25) is 5.91 Å². The van der Waals surface area contributed by atoms with Crippen molar-refractivity contribution in [3.05, 3.63) is 70.8 Å². The van der Waals surface area contributed by atoms with E-state index in [1.54, 1.807) is 65.6 Å². The molecule has 0 unspecified atom stereocenters. The number of phenolic OH excluding ortho intramolecular Hbond substituents is 2. The van der Waals surface area contributed by atoms with Crippen LogP contribution in [0.5, 0.6) is 11.5 Å². The number of hydrogen-bond donors (Lipinski definition) is 2. The SMILES string of the molecule is CC(=O)N1C/C(=C\c2cccc(O)c2)C(=O)/C(=C/c2cccc(O)c2)C1. The molecule has 132 valence electrons. The molecule has 0 atom stereocenters. The van der Waals surface area contributed by atoms with Crippen LogP contribution in [-0.4, -0.2) is 39.9 Å².